The molecule has 0 aliphatic rings. The maximum absolute atomic E-state index is 10.8. The number of carboxylic acids is 1. The van der Waals surface area contributed by atoms with Crippen LogP contribution in [0.2, 0.25) is 0 Å². The molecule has 0 saturated heterocycles. The number of hydrogen-bond donors (Lipinski definition) is 2. The number of aliphatic carboxylic acids is 1. The molecule has 0 amide bonds. The van der Waals surface area contributed by atoms with Crippen LogP contribution in [-0.2, 0) is 33.3 Å². The molecule has 10 nitrogen and oxygen atoms in total. The molecule has 0 rings (SSSR count). The van der Waals surface area contributed by atoms with Crippen LogP contribution in [0.4, 0.5) is 4.79 Å². The second-order valence-electron chi connectivity index (χ2n) is 4.08. The van der Waals surface area contributed by atoms with Crippen molar-refractivity contribution in [2.45, 2.75) is 12.8 Å². The molecule has 0 aromatic carbocycles. The Kier molecular flexibility index (Phi) is 14.0. The lowest BCUT2D eigenvalue weighted by Crippen LogP contribution is -2.15. The van der Waals surface area contributed by atoms with Crippen molar-refractivity contribution in [3.63, 3.8) is 0 Å². The Morgan fingerprint density at radius 1 is 0.609 bits per heavy atom. The highest BCUT2D eigenvalue weighted by Gasteiger charge is 2.07. The third-order valence-electron chi connectivity index (χ3n) is 2.23. The second kappa shape index (κ2) is 15.2. The van der Waals surface area contributed by atoms with Gasteiger partial charge in [-0.15, -0.1) is 0 Å². The first kappa shape index (κ1) is 21.2. The standard InChI is InChI=1S/C13H22O10/c14-11(15)1-3-19-5-7-21-9-10-22-8-6-20-4-2-12(16)23-13(17)18/h1-10H2,(H,14,15)(H,17,18). The molecular formula is C13H22O10. The highest BCUT2D eigenvalue weighted by atomic mass is 16.7. The smallest absolute Gasteiger partial charge is 0.481 e. The van der Waals surface area contributed by atoms with E-state index in [4.69, 9.17) is 29.2 Å². The summed E-state index contributed by atoms with van der Waals surface area (Å²) in [5.74, 6) is -1.77. The minimum absolute atomic E-state index is 0.0306. The fraction of sp³-hybridized carbons (Fsp3) is 0.769. The first-order valence-corrected chi connectivity index (χ1v) is 6.98. The fourth-order valence-electron chi connectivity index (χ4n) is 1.23. The van der Waals surface area contributed by atoms with Crippen LogP contribution in [0.5, 0.6) is 0 Å². The van der Waals surface area contributed by atoms with E-state index in [1.807, 2.05) is 0 Å². The van der Waals surface area contributed by atoms with Gasteiger partial charge in [-0.2, -0.15) is 0 Å². The summed E-state index contributed by atoms with van der Waals surface area (Å²) in [6.45, 7) is 2.19. The van der Waals surface area contributed by atoms with Gasteiger partial charge in [-0.25, -0.2) is 4.79 Å². The molecule has 23 heavy (non-hydrogen) atoms. The molecule has 0 radical (unpaired) electrons. The van der Waals surface area contributed by atoms with Crippen LogP contribution in [0.25, 0.3) is 0 Å². The third-order valence-corrected chi connectivity index (χ3v) is 2.23. The van der Waals surface area contributed by atoms with Crippen molar-refractivity contribution in [3.05, 3.63) is 0 Å². The van der Waals surface area contributed by atoms with Crippen LogP contribution >= 0.6 is 0 Å². The summed E-state index contributed by atoms with van der Waals surface area (Å²) in [5, 5.41) is 16.5. The van der Waals surface area contributed by atoms with Crippen LogP contribution in [-0.4, -0.2) is 81.2 Å². The Morgan fingerprint density at radius 2 is 1.00 bits per heavy atom. The number of rotatable bonds is 15. The summed E-state index contributed by atoms with van der Waals surface area (Å²) in [4.78, 5) is 31.0. The van der Waals surface area contributed by atoms with E-state index in [0.717, 1.165) is 0 Å². The lowest BCUT2D eigenvalue weighted by atomic mass is 10.5. The van der Waals surface area contributed by atoms with E-state index in [2.05, 4.69) is 4.74 Å². The topological polar surface area (TPSA) is 138 Å². The molecular weight excluding hydrogens is 316 g/mol. The van der Waals surface area contributed by atoms with E-state index in [0.29, 0.717) is 33.0 Å². The van der Waals surface area contributed by atoms with Gasteiger partial charge in [-0.05, 0) is 0 Å². The van der Waals surface area contributed by atoms with Crippen molar-refractivity contribution >= 4 is 18.1 Å². The highest BCUT2D eigenvalue weighted by Crippen LogP contribution is 1.90. The van der Waals surface area contributed by atoms with Crippen LogP contribution < -0.4 is 0 Å². The van der Waals surface area contributed by atoms with Crippen LogP contribution in [0.3, 0.4) is 0 Å². The maximum Gasteiger partial charge on any atom is 0.513 e. The molecule has 0 saturated carbocycles. The first-order valence-electron chi connectivity index (χ1n) is 6.98. The zero-order valence-electron chi connectivity index (χ0n) is 12.7. The van der Waals surface area contributed by atoms with Gasteiger partial charge in [0, 0.05) is 0 Å². The number of carboxylic acid groups (broad SMARTS) is 2. The van der Waals surface area contributed by atoms with Gasteiger partial charge >= 0.3 is 18.1 Å². The van der Waals surface area contributed by atoms with Gasteiger partial charge in [0.25, 0.3) is 0 Å². The van der Waals surface area contributed by atoms with E-state index in [1.165, 1.54) is 0 Å². The van der Waals surface area contributed by atoms with Crippen molar-refractivity contribution in [3.8, 4) is 0 Å². The molecule has 134 valence electrons. The second-order valence-corrected chi connectivity index (χ2v) is 4.08. The minimum atomic E-state index is -1.63. The van der Waals surface area contributed by atoms with E-state index in [1.54, 1.807) is 0 Å². The third kappa shape index (κ3) is 18.2. The van der Waals surface area contributed by atoms with Crippen LogP contribution in [0.15, 0.2) is 0 Å². The van der Waals surface area contributed by atoms with Gasteiger partial charge in [-0.3, -0.25) is 9.59 Å². The maximum atomic E-state index is 10.8. The summed E-state index contributed by atoms with van der Waals surface area (Å²) < 4.78 is 24.3. The normalized spacial score (nSPS) is 10.4. The Labute approximate surface area is 133 Å². The van der Waals surface area contributed by atoms with E-state index >= 15 is 0 Å². The van der Waals surface area contributed by atoms with Gasteiger partial charge in [0.2, 0.25) is 0 Å². The molecule has 0 aromatic heterocycles. The van der Waals surface area contributed by atoms with Gasteiger partial charge in [0.05, 0.1) is 65.7 Å². The van der Waals surface area contributed by atoms with Crippen molar-refractivity contribution in [1.29, 1.82) is 0 Å². The summed E-state index contributed by atoms with van der Waals surface area (Å²) in [7, 11) is 0. The molecule has 0 bridgehead atoms. The average molecular weight is 338 g/mol. The Bertz CT molecular complexity index is 344. The lowest BCUT2D eigenvalue weighted by molar-refractivity contribution is -0.140. The molecule has 0 atom stereocenters. The number of esters is 1. The zero-order chi connectivity index (χ0) is 17.3. The fourth-order valence-corrected chi connectivity index (χ4v) is 1.23. The quantitative estimate of drug-likeness (QED) is 0.241. The zero-order valence-corrected chi connectivity index (χ0v) is 12.7. The number of carbonyl (C=O) groups excluding carboxylic acids is 1. The minimum Gasteiger partial charge on any atom is -0.481 e. The molecule has 0 fully saturated rings. The molecule has 0 aliphatic heterocycles. The molecule has 0 aromatic rings. The Hall–Kier alpha value is -1.75. The number of ether oxygens (including phenoxy) is 5. The number of carbonyl (C=O) groups is 3. The highest BCUT2D eigenvalue weighted by molar-refractivity contribution is 5.80. The van der Waals surface area contributed by atoms with Crippen LogP contribution in [0, 0.1) is 0 Å². The lowest BCUT2D eigenvalue weighted by Gasteiger charge is -2.07. The molecule has 10 heteroatoms. The first-order chi connectivity index (χ1) is 11.0. The van der Waals surface area contributed by atoms with E-state index < -0.39 is 18.1 Å². The van der Waals surface area contributed by atoms with Gasteiger partial charge in [0.1, 0.15) is 0 Å². The van der Waals surface area contributed by atoms with Crippen LogP contribution in [0.1, 0.15) is 12.8 Å². The largest absolute Gasteiger partial charge is 0.513 e. The Morgan fingerprint density at radius 3 is 1.39 bits per heavy atom. The Balaban J connectivity index is 3.12. The SMILES string of the molecule is O=C(O)CCOCCOCCOCCOCCC(=O)OC(=O)O. The monoisotopic (exact) mass is 338 g/mol. The van der Waals surface area contributed by atoms with E-state index in [-0.39, 0.29) is 32.7 Å². The summed E-state index contributed by atoms with van der Waals surface area (Å²) in [6.07, 6.45) is -1.81. The van der Waals surface area contributed by atoms with Crippen molar-refractivity contribution in [2.75, 3.05) is 52.9 Å². The van der Waals surface area contributed by atoms with Crippen molar-refractivity contribution in [2.24, 2.45) is 0 Å². The molecule has 0 unspecified atom stereocenters. The summed E-state index contributed by atoms with van der Waals surface area (Å²) in [5.41, 5.74) is 0. The predicted molar refractivity (Wildman–Crippen MR) is 74.3 cm³/mol. The summed E-state index contributed by atoms with van der Waals surface area (Å²) in [6, 6.07) is 0. The van der Waals surface area contributed by atoms with Crippen molar-refractivity contribution < 1.29 is 48.3 Å². The molecule has 2 N–H and O–H groups in total. The van der Waals surface area contributed by atoms with Crippen molar-refractivity contribution in [1.82, 2.24) is 0 Å². The van der Waals surface area contributed by atoms with E-state index in [9.17, 15) is 14.4 Å². The predicted octanol–water partition coefficient (Wildman–Crippen LogP) is 0.139. The number of hydrogen-bond acceptors (Lipinski definition) is 8. The van der Waals surface area contributed by atoms with Gasteiger partial charge < -0.3 is 33.9 Å². The molecule has 0 heterocycles. The summed E-state index contributed by atoms with van der Waals surface area (Å²) >= 11 is 0. The van der Waals surface area contributed by atoms with Gasteiger partial charge in [0.15, 0.2) is 0 Å². The van der Waals surface area contributed by atoms with Gasteiger partial charge in [-0.1, -0.05) is 0 Å². The average Bonchev–Trinajstić information content (AvgIpc) is 2.46. The molecule has 0 aliphatic carbocycles. The molecule has 0 spiro atoms.